The monoisotopic (exact) mass is 203 g/mol. The van der Waals surface area contributed by atoms with Crippen molar-refractivity contribution in [3.63, 3.8) is 0 Å². The summed E-state index contributed by atoms with van der Waals surface area (Å²) in [6.45, 7) is 8.95. The Balaban J connectivity index is 3.67. The Kier molecular flexibility index (Phi) is 5.53. The minimum atomic E-state index is -0.463. The fourth-order valence-corrected chi connectivity index (χ4v) is 0.732. The number of aliphatic hydroxyl groups excluding tert-OH is 1. The number of aliphatic hydroxyl groups is 1. The second kappa shape index (κ2) is 5.86. The first kappa shape index (κ1) is 13.2. The van der Waals surface area contributed by atoms with Crippen LogP contribution in [0.4, 0.5) is 4.79 Å². The van der Waals surface area contributed by atoms with Gasteiger partial charge >= 0.3 is 6.09 Å². The zero-order valence-corrected chi connectivity index (χ0v) is 9.46. The van der Waals surface area contributed by atoms with Crippen LogP contribution in [0.25, 0.3) is 0 Å². The molecule has 0 aromatic heterocycles. The van der Waals surface area contributed by atoms with E-state index in [1.54, 1.807) is 0 Å². The van der Waals surface area contributed by atoms with Crippen LogP contribution in [0.1, 0.15) is 27.7 Å². The SMILES string of the molecule is CC(CNC(=O)OCCO)C(C)(C)C. The maximum absolute atomic E-state index is 11.0. The number of hydrogen-bond acceptors (Lipinski definition) is 3. The van der Waals surface area contributed by atoms with E-state index in [-0.39, 0.29) is 18.6 Å². The topological polar surface area (TPSA) is 58.6 Å². The third-order valence-corrected chi connectivity index (χ3v) is 2.36. The molecule has 0 aromatic rings. The fraction of sp³-hybridized carbons (Fsp3) is 0.900. The van der Waals surface area contributed by atoms with Gasteiger partial charge in [0.15, 0.2) is 0 Å². The van der Waals surface area contributed by atoms with Crippen LogP contribution in [0.3, 0.4) is 0 Å². The first-order valence-corrected chi connectivity index (χ1v) is 4.89. The van der Waals surface area contributed by atoms with Gasteiger partial charge in [-0.2, -0.15) is 0 Å². The summed E-state index contributed by atoms with van der Waals surface area (Å²) in [6, 6.07) is 0. The predicted molar refractivity (Wildman–Crippen MR) is 55.1 cm³/mol. The fourth-order valence-electron chi connectivity index (χ4n) is 0.732. The molecule has 4 nitrogen and oxygen atoms in total. The standard InChI is InChI=1S/C10H21NO3/c1-8(10(2,3)4)7-11-9(13)14-6-5-12/h8,12H,5-7H2,1-4H3,(H,11,13). The number of alkyl carbamates (subject to hydrolysis) is 1. The second-order valence-electron chi connectivity index (χ2n) is 4.51. The summed E-state index contributed by atoms with van der Waals surface area (Å²) in [7, 11) is 0. The number of amides is 1. The summed E-state index contributed by atoms with van der Waals surface area (Å²) < 4.78 is 4.65. The van der Waals surface area contributed by atoms with Crippen LogP contribution in [-0.2, 0) is 4.74 Å². The van der Waals surface area contributed by atoms with E-state index in [9.17, 15) is 4.79 Å². The van der Waals surface area contributed by atoms with E-state index in [0.717, 1.165) is 0 Å². The quantitative estimate of drug-likeness (QED) is 0.726. The van der Waals surface area contributed by atoms with E-state index in [2.05, 4.69) is 37.7 Å². The van der Waals surface area contributed by atoms with Gasteiger partial charge in [-0.15, -0.1) is 0 Å². The highest BCUT2D eigenvalue weighted by atomic mass is 16.6. The van der Waals surface area contributed by atoms with Gasteiger partial charge in [0.1, 0.15) is 6.61 Å². The Morgan fingerprint density at radius 2 is 2.07 bits per heavy atom. The largest absolute Gasteiger partial charge is 0.447 e. The minimum absolute atomic E-state index is 0.0513. The van der Waals surface area contributed by atoms with E-state index in [4.69, 9.17) is 5.11 Å². The lowest BCUT2D eigenvalue weighted by Crippen LogP contribution is -2.34. The lowest BCUT2D eigenvalue weighted by Gasteiger charge is -2.27. The summed E-state index contributed by atoms with van der Waals surface area (Å²) in [5, 5.41) is 11.1. The van der Waals surface area contributed by atoms with Gasteiger partial charge in [-0.05, 0) is 11.3 Å². The number of rotatable bonds is 4. The molecular weight excluding hydrogens is 182 g/mol. The van der Waals surface area contributed by atoms with Crippen LogP contribution < -0.4 is 5.32 Å². The van der Waals surface area contributed by atoms with Gasteiger partial charge in [-0.1, -0.05) is 27.7 Å². The smallest absolute Gasteiger partial charge is 0.407 e. The van der Waals surface area contributed by atoms with Crippen LogP contribution in [-0.4, -0.2) is 31.0 Å². The molecule has 2 N–H and O–H groups in total. The summed E-state index contributed by atoms with van der Waals surface area (Å²) in [6.07, 6.45) is -0.463. The molecule has 0 saturated heterocycles. The molecule has 14 heavy (non-hydrogen) atoms. The minimum Gasteiger partial charge on any atom is -0.447 e. The van der Waals surface area contributed by atoms with E-state index >= 15 is 0 Å². The molecule has 0 aliphatic carbocycles. The molecule has 0 aliphatic rings. The Hall–Kier alpha value is -0.770. The summed E-state index contributed by atoms with van der Waals surface area (Å²) in [5.41, 5.74) is 0.171. The van der Waals surface area contributed by atoms with Crippen LogP contribution in [0.5, 0.6) is 0 Å². The zero-order valence-electron chi connectivity index (χ0n) is 9.46. The highest BCUT2D eigenvalue weighted by molar-refractivity contribution is 5.67. The molecule has 0 heterocycles. The first-order valence-electron chi connectivity index (χ1n) is 4.89. The van der Waals surface area contributed by atoms with Crippen molar-refractivity contribution in [2.24, 2.45) is 11.3 Å². The van der Waals surface area contributed by atoms with Gasteiger partial charge in [0.25, 0.3) is 0 Å². The molecule has 1 unspecified atom stereocenters. The van der Waals surface area contributed by atoms with Crippen molar-refractivity contribution < 1.29 is 14.6 Å². The molecule has 0 rings (SSSR count). The van der Waals surface area contributed by atoms with E-state index in [1.807, 2.05) is 0 Å². The molecule has 0 aliphatic heterocycles. The van der Waals surface area contributed by atoms with Gasteiger partial charge in [0.05, 0.1) is 6.61 Å². The lowest BCUT2D eigenvalue weighted by molar-refractivity contribution is 0.115. The molecule has 1 atom stereocenters. The van der Waals surface area contributed by atoms with Crippen molar-refractivity contribution in [2.75, 3.05) is 19.8 Å². The summed E-state index contributed by atoms with van der Waals surface area (Å²) in [4.78, 5) is 11.0. The van der Waals surface area contributed by atoms with E-state index < -0.39 is 6.09 Å². The number of carbonyl (C=O) groups is 1. The van der Waals surface area contributed by atoms with E-state index in [1.165, 1.54) is 0 Å². The maximum Gasteiger partial charge on any atom is 0.407 e. The van der Waals surface area contributed by atoms with Gasteiger partial charge in [0.2, 0.25) is 0 Å². The van der Waals surface area contributed by atoms with Crippen molar-refractivity contribution in [3.8, 4) is 0 Å². The molecule has 0 aromatic carbocycles. The molecule has 84 valence electrons. The summed E-state index contributed by atoms with van der Waals surface area (Å²) in [5.74, 6) is 0.379. The van der Waals surface area contributed by atoms with Crippen LogP contribution in [0.2, 0.25) is 0 Å². The number of ether oxygens (including phenoxy) is 1. The van der Waals surface area contributed by atoms with Crippen LogP contribution in [0, 0.1) is 11.3 Å². The Bertz CT molecular complexity index is 175. The number of nitrogens with one attached hydrogen (secondary N) is 1. The van der Waals surface area contributed by atoms with Crippen molar-refractivity contribution in [1.82, 2.24) is 5.32 Å². The molecular formula is C10H21NO3. The van der Waals surface area contributed by atoms with Crippen LogP contribution >= 0.6 is 0 Å². The van der Waals surface area contributed by atoms with E-state index in [0.29, 0.717) is 12.5 Å². The molecule has 0 radical (unpaired) electrons. The van der Waals surface area contributed by atoms with Crippen molar-refractivity contribution >= 4 is 6.09 Å². The van der Waals surface area contributed by atoms with Crippen molar-refractivity contribution in [2.45, 2.75) is 27.7 Å². The van der Waals surface area contributed by atoms with Gasteiger partial charge < -0.3 is 15.2 Å². The van der Waals surface area contributed by atoms with Crippen molar-refractivity contribution in [1.29, 1.82) is 0 Å². The highest BCUT2D eigenvalue weighted by Gasteiger charge is 2.20. The Labute approximate surface area is 85.6 Å². The highest BCUT2D eigenvalue weighted by Crippen LogP contribution is 2.24. The first-order chi connectivity index (χ1) is 6.38. The van der Waals surface area contributed by atoms with Crippen molar-refractivity contribution in [3.05, 3.63) is 0 Å². The average Bonchev–Trinajstić information content (AvgIpc) is 2.09. The maximum atomic E-state index is 11.0. The third-order valence-electron chi connectivity index (χ3n) is 2.36. The predicted octanol–water partition coefficient (Wildman–Crippen LogP) is 1.39. The van der Waals surface area contributed by atoms with Gasteiger partial charge in [-0.25, -0.2) is 4.79 Å². The molecule has 0 fully saturated rings. The normalized spacial score (nSPS) is 13.5. The third kappa shape index (κ3) is 5.80. The van der Waals surface area contributed by atoms with Gasteiger partial charge in [-0.3, -0.25) is 0 Å². The molecule has 0 spiro atoms. The molecule has 4 heteroatoms. The average molecular weight is 203 g/mol. The Morgan fingerprint density at radius 1 is 1.50 bits per heavy atom. The van der Waals surface area contributed by atoms with Gasteiger partial charge in [0, 0.05) is 6.54 Å². The number of hydrogen-bond donors (Lipinski definition) is 2. The Morgan fingerprint density at radius 3 is 2.50 bits per heavy atom. The summed E-state index contributed by atoms with van der Waals surface area (Å²) >= 11 is 0. The molecule has 1 amide bonds. The lowest BCUT2D eigenvalue weighted by atomic mass is 9.82. The number of carbonyl (C=O) groups excluding carboxylic acids is 1. The second-order valence-corrected chi connectivity index (χ2v) is 4.51. The van der Waals surface area contributed by atoms with Crippen LogP contribution in [0.15, 0.2) is 0 Å². The zero-order chi connectivity index (χ0) is 11.2. The molecule has 0 bridgehead atoms. The molecule has 0 saturated carbocycles.